The number of hydrogen-bond donors (Lipinski definition) is 4. The highest BCUT2D eigenvalue weighted by molar-refractivity contribution is 5.86. The Balaban J connectivity index is 2.22. The average Bonchev–Trinajstić information content (AvgIpc) is 2.83. The molecule has 4 N–H and O–H groups in total. The van der Waals surface area contributed by atoms with Gasteiger partial charge in [-0.25, -0.2) is 0 Å². The first-order chi connectivity index (χ1) is 9.05. The molecular weight excluding hydrogens is 244 g/mol. The van der Waals surface area contributed by atoms with Gasteiger partial charge in [0.1, 0.15) is 5.82 Å². The Bertz CT molecular complexity index is 550. The second-order valence-corrected chi connectivity index (χ2v) is 5.27. The quantitative estimate of drug-likeness (QED) is 0.626. The minimum absolute atomic E-state index is 0.00440. The zero-order chi connectivity index (χ0) is 13.9. The van der Waals surface area contributed by atoms with Crippen LogP contribution >= 0.6 is 0 Å². The first-order valence-electron chi connectivity index (χ1n) is 6.29. The fraction of sp³-hybridized carbons (Fsp3) is 0.583. The molecule has 7 nitrogen and oxygen atoms in total. The molecule has 0 aliphatic carbocycles. The van der Waals surface area contributed by atoms with Crippen LogP contribution in [0.15, 0.2) is 6.20 Å². The molecule has 0 spiro atoms. The lowest BCUT2D eigenvalue weighted by Crippen LogP contribution is -2.24. The average molecular weight is 264 g/mol. The minimum atomic E-state index is -0.00440. The molecule has 0 aliphatic heterocycles. The van der Waals surface area contributed by atoms with E-state index in [1.54, 1.807) is 13.2 Å². The van der Waals surface area contributed by atoms with Gasteiger partial charge in [0, 0.05) is 20.2 Å². The maximum absolute atomic E-state index is 9.04. The number of nitrogens with one attached hydrogen (secondary N) is 3. The van der Waals surface area contributed by atoms with Crippen molar-refractivity contribution >= 4 is 22.8 Å². The van der Waals surface area contributed by atoms with Crippen LogP contribution in [-0.2, 0) is 0 Å². The van der Waals surface area contributed by atoms with E-state index < -0.39 is 0 Å². The van der Waals surface area contributed by atoms with E-state index in [9.17, 15) is 0 Å². The molecule has 7 heteroatoms. The highest BCUT2D eigenvalue weighted by Crippen LogP contribution is 2.24. The summed E-state index contributed by atoms with van der Waals surface area (Å²) >= 11 is 0. The van der Waals surface area contributed by atoms with Crippen molar-refractivity contribution in [3.63, 3.8) is 0 Å². The number of aromatic amines is 1. The molecule has 19 heavy (non-hydrogen) atoms. The van der Waals surface area contributed by atoms with E-state index in [1.807, 2.05) is 0 Å². The second kappa shape index (κ2) is 5.40. The summed E-state index contributed by atoms with van der Waals surface area (Å²) in [4.78, 5) is 8.67. The lowest BCUT2D eigenvalue weighted by Gasteiger charge is -2.24. The largest absolute Gasteiger partial charge is 0.396 e. The molecular formula is C12H20N6O. The lowest BCUT2D eigenvalue weighted by molar-refractivity contribution is 0.220. The second-order valence-electron chi connectivity index (χ2n) is 5.27. The molecule has 0 aromatic carbocycles. The molecule has 2 aromatic rings. The maximum atomic E-state index is 9.04. The summed E-state index contributed by atoms with van der Waals surface area (Å²) in [5, 5.41) is 23.0. The highest BCUT2D eigenvalue weighted by Gasteiger charge is 2.18. The Labute approximate surface area is 111 Å². The zero-order valence-electron chi connectivity index (χ0n) is 11.5. The number of fused-ring (bicyclic) bond motifs is 1. The van der Waals surface area contributed by atoms with Gasteiger partial charge in [0.25, 0.3) is 0 Å². The fourth-order valence-electron chi connectivity index (χ4n) is 1.80. The summed E-state index contributed by atoms with van der Waals surface area (Å²) in [6.45, 7) is 5.10. The third-order valence-electron chi connectivity index (χ3n) is 3.06. The van der Waals surface area contributed by atoms with Gasteiger partial charge in [0.05, 0.1) is 11.6 Å². The number of anilines is 2. The van der Waals surface area contributed by atoms with E-state index >= 15 is 0 Å². The molecule has 0 atom stereocenters. The molecule has 0 amide bonds. The monoisotopic (exact) mass is 264 g/mol. The molecule has 2 heterocycles. The van der Waals surface area contributed by atoms with Crippen LogP contribution in [0.1, 0.15) is 20.3 Å². The van der Waals surface area contributed by atoms with Crippen LogP contribution in [0, 0.1) is 5.41 Å². The number of aromatic nitrogens is 4. The SMILES string of the molecule is CNc1nc(NCC(C)(C)CCO)c2cn[nH]c2n1. The normalized spacial score (nSPS) is 11.8. The fourth-order valence-corrected chi connectivity index (χ4v) is 1.80. The first kappa shape index (κ1) is 13.5. The summed E-state index contributed by atoms with van der Waals surface area (Å²) in [5.74, 6) is 1.29. The molecule has 104 valence electrons. The van der Waals surface area contributed by atoms with Crippen molar-refractivity contribution in [2.75, 3.05) is 30.8 Å². The third kappa shape index (κ3) is 3.11. The summed E-state index contributed by atoms with van der Waals surface area (Å²) in [5.41, 5.74) is 0.692. The van der Waals surface area contributed by atoms with E-state index in [0.717, 1.165) is 17.6 Å². The Morgan fingerprint density at radius 3 is 2.84 bits per heavy atom. The van der Waals surface area contributed by atoms with E-state index in [0.29, 0.717) is 18.1 Å². The van der Waals surface area contributed by atoms with Gasteiger partial charge >= 0.3 is 0 Å². The highest BCUT2D eigenvalue weighted by atomic mass is 16.3. The van der Waals surface area contributed by atoms with Crippen LogP contribution in [0.3, 0.4) is 0 Å². The van der Waals surface area contributed by atoms with Crippen molar-refractivity contribution < 1.29 is 5.11 Å². The number of aliphatic hydroxyl groups is 1. The summed E-state index contributed by atoms with van der Waals surface area (Å²) in [6.07, 6.45) is 2.44. The van der Waals surface area contributed by atoms with Crippen LogP contribution in [0.4, 0.5) is 11.8 Å². The van der Waals surface area contributed by atoms with Gasteiger partial charge in [0.2, 0.25) is 5.95 Å². The molecule has 0 saturated carbocycles. The molecule has 0 saturated heterocycles. The Morgan fingerprint density at radius 1 is 1.37 bits per heavy atom. The maximum Gasteiger partial charge on any atom is 0.226 e. The van der Waals surface area contributed by atoms with Crippen LogP contribution in [-0.4, -0.2) is 45.5 Å². The Kier molecular flexibility index (Phi) is 3.84. The molecule has 0 unspecified atom stereocenters. The molecule has 0 bridgehead atoms. The minimum Gasteiger partial charge on any atom is -0.396 e. The van der Waals surface area contributed by atoms with Crippen LogP contribution < -0.4 is 10.6 Å². The van der Waals surface area contributed by atoms with E-state index in [4.69, 9.17) is 5.11 Å². The standard InChI is InChI=1S/C12H20N6O/c1-12(2,4-5-19)7-14-9-8-6-15-18-10(8)17-11(13-3)16-9/h6,19H,4-5,7H2,1-3H3,(H3,13,14,15,16,17,18). The zero-order valence-corrected chi connectivity index (χ0v) is 11.5. The summed E-state index contributed by atoms with van der Waals surface area (Å²) < 4.78 is 0. The van der Waals surface area contributed by atoms with Crippen molar-refractivity contribution in [1.29, 1.82) is 0 Å². The number of H-pyrrole nitrogens is 1. The van der Waals surface area contributed by atoms with Gasteiger partial charge in [-0.3, -0.25) is 5.10 Å². The summed E-state index contributed by atoms with van der Waals surface area (Å²) in [6, 6.07) is 0. The van der Waals surface area contributed by atoms with E-state index in [2.05, 4.69) is 44.6 Å². The Hall–Kier alpha value is -1.89. The van der Waals surface area contributed by atoms with Crippen molar-refractivity contribution in [1.82, 2.24) is 20.2 Å². The molecule has 2 rings (SSSR count). The lowest BCUT2D eigenvalue weighted by atomic mass is 9.90. The molecule has 0 aliphatic rings. The third-order valence-corrected chi connectivity index (χ3v) is 3.06. The topological polar surface area (TPSA) is 98.8 Å². The predicted octanol–water partition coefficient (Wildman–Crippen LogP) is 1.22. The van der Waals surface area contributed by atoms with Gasteiger partial charge in [-0.2, -0.15) is 15.1 Å². The van der Waals surface area contributed by atoms with E-state index in [-0.39, 0.29) is 12.0 Å². The van der Waals surface area contributed by atoms with Crippen molar-refractivity contribution in [3.8, 4) is 0 Å². The van der Waals surface area contributed by atoms with Gasteiger partial charge < -0.3 is 15.7 Å². The van der Waals surface area contributed by atoms with Gasteiger partial charge in [-0.05, 0) is 11.8 Å². The number of rotatable bonds is 6. The molecule has 2 aromatic heterocycles. The predicted molar refractivity (Wildman–Crippen MR) is 75.2 cm³/mol. The molecule has 0 radical (unpaired) electrons. The smallest absolute Gasteiger partial charge is 0.226 e. The summed E-state index contributed by atoms with van der Waals surface area (Å²) in [7, 11) is 1.77. The van der Waals surface area contributed by atoms with Gasteiger partial charge in [-0.15, -0.1) is 0 Å². The first-order valence-corrected chi connectivity index (χ1v) is 6.29. The van der Waals surface area contributed by atoms with Crippen LogP contribution in [0.5, 0.6) is 0 Å². The molecule has 0 fully saturated rings. The Morgan fingerprint density at radius 2 is 2.16 bits per heavy atom. The van der Waals surface area contributed by atoms with E-state index in [1.165, 1.54) is 0 Å². The van der Waals surface area contributed by atoms with Crippen molar-refractivity contribution in [2.45, 2.75) is 20.3 Å². The van der Waals surface area contributed by atoms with Crippen LogP contribution in [0.25, 0.3) is 11.0 Å². The van der Waals surface area contributed by atoms with Crippen LogP contribution in [0.2, 0.25) is 0 Å². The van der Waals surface area contributed by atoms with Crippen molar-refractivity contribution in [2.24, 2.45) is 5.41 Å². The van der Waals surface area contributed by atoms with Gasteiger partial charge in [-0.1, -0.05) is 13.8 Å². The number of aliphatic hydroxyl groups excluding tert-OH is 1. The number of hydrogen-bond acceptors (Lipinski definition) is 6. The van der Waals surface area contributed by atoms with Crippen molar-refractivity contribution in [3.05, 3.63) is 6.20 Å². The van der Waals surface area contributed by atoms with Gasteiger partial charge in [0.15, 0.2) is 5.65 Å². The number of nitrogens with zero attached hydrogens (tertiary/aromatic N) is 3.